The summed E-state index contributed by atoms with van der Waals surface area (Å²) in [6.07, 6.45) is 7.11. The largest absolute Gasteiger partial charge is 0.310 e. The highest BCUT2D eigenvalue weighted by Crippen LogP contribution is 2.37. The molecule has 2 bridgehead atoms. The van der Waals surface area contributed by atoms with Crippen molar-refractivity contribution in [2.24, 2.45) is 5.92 Å². The van der Waals surface area contributed by atoms with Gasteiger partial charge in [-0.3, -0.25) is 4.79 Å². The molecule has 3 saturated heterocycles. The van der Waals surface area contributed by atoms with Crippen LogP contribution in [0.15, 0.2) is 0 Å². The molecule has 4 atom stereocenters. The molecule has 2 nitrogen and oxygen atoms in total. The van der Waals surface area contributed by atoms with E-state index in [2.05, 4.69) is 17.1 Å². The molecule has 3 aliphatic rings. The van der Waals surface area contributed by atoms with E-state index in [-0.39, 0.29) is 0 Å². The lowest BCUT2D eigenvalue weighted by atomic mass is 9.86. The molecule has 0 aromatic rings. The van der Waals surface area contributed by atoms with Crippen molar-refractivity contribution >= 4 is 17.5 Å². The number of hydrogen-bond acceptors (Lipinski definition) is 3. The maximum atomic E-state index is 12.0. The van der Waals surface area contributed by atoms with Gasteiger partial charge in [-0.2, -0.15) is 11.8 Å². The van der Waals surface area contributed by atoms with E-state index in [1.807, 2.05) is 0 Å². The minimum absolute atomic E-state index is 0.347. The molecule has 15 heavy (non-hydrogen) atoms. The van der Waals surface area contributed by atoms with Gasteiger partial charge >= 0.3 is 0 Å². The predicted octanol–water partition coefficient (Wildman–Crippen LogP) is 1.98. The first kappa shape index (κ1) is 10.2. The third kappa shape index (κ3) is 1.96. The second-order valence-electron chi connectivity index (χ2n) is 5.20. The van der Waals surface area contributed by atoms with Gasteiger partial charge in [0.25, 0.3) is 0 Å². The summed E-state index contributed by atoms with van der Waals surface area (Å²) in [7, 11) is 0. The molecule has 0 aromatic heterocycles. The Labute approximate surface area is 95.6 Å². The Morgan fingerprint density at radius 1 is 1.33 bits per heavy atom. The fourth-order valence-corrected chi connectivity index (χ4v) is 4.70. The predicted molar refractivity (Wildman–Crippen MR) is 63.2 cm³/mol. The monoisotopic (exact) mass is 225 g/mol. The van der Waals surface area contributed by atoms with Gasteiger partial charge in [-0.15, -0.1) is 0 Å². The third-order valence-corrected chi connectivity index (χ3v) is 5.59. The van der Waals surface area contributed by atoms with E-state index >= 15 is 0 Å². The molecule has 1 N–H and O–H groups in total. The first-order valence-corrected chi connectivity index (χ1v) is 7.28. The number of rotatable bonds is 2. The van der Waals surface area contributed by atoms with Gasteiger partial charge in [-0.05, 0) is 37.9 Å². The minimum atomic E-state index is 0.347. The zero-order chi connectivity index (χ0) is 10.3. The number of ketones is 1. The van der Waals surface area contributed by atoms with Crippen LogP contribution in [0.25, 0.3) is 0 Å². The Kier molecular flexibility index (Phi) is 2.77. The van der Waals surface area contributed by atoms with Crippen molar-refractivity contribution in [3.63, 3.8) is 0 Å². The molecule has 0 aliphatic carbocycles. The Bertz CT molecular complexity index is 262. The number of hydrogen-bond donors (Lipinski definition) is 1. The average Bonchev–Trinajstić information content (AvgIpc) is 2.82. The number of carbonyl (C=O) groups is 1. The van der Waals surface area contributed by atoms with Crippen LogP contribution in [0.1, 0.15) is 38.5 Å². The molecule has 0 saturated carbocycles. The van der Waals surface area contributed by atoms with E-state index < -0.39 is 0 Å². The molecule has 3 aliphatic heterocycles. The van der Waals surface area contributed by atoms with E-state index in [0.29, 0.717) is 23.8 Å². The molecule has 3 fully saturated rings. The minimum Gasteiger partial charge on any atom is -0.310 e. The lowest BCUT2D eigenvalue weighted by Gasteiger charge is -2.30. The zero-order valence-electron chi connectivity index (χ0n) is 9.08. The summed E-state index contributed by atoms with van der Waals surface area (Å²) in [5.41, 5.74) is 0. The maximum absolute atomic E-state index is 12.0. The molecule has 0 aromatic carbocycles. The van der Waals surface area contributed by atoms with Crippen LogP contribution in [0.3, 0.4) is 0 Å². The van der Waals surface area contributed by atoms with Gasteiger partial charge in [0.15, 0.2) is 0 Å². The molecule has 4 unspecified atom stereocenters. The highest BCUT2D eigenvalue weighted by Gasteiger charge is 2.41. The molecule has 0 radical (unpaired) electrons. The van der Waals surface area contributed by atoms with Gasteiger partial charge in [0, 0.05) is 29.7 Å². The lowest BCUT2D eigenvalue weighted by Crippen LogP contribution is -2.46. The summed E-state index contributed by atoms with van der Waals surface area (Å²) in [6, 6.07) is 1.05. The van der Waals surface area contributed by atoms with Crippen LogP contribution in [0.4, 0.5) is 0 Å². The first-order chi connectivity index (χ1) is 7.33. The molecule has 0 amide bonds. The van der Waals surface area contributed by atoms with Crippen molar-refractivity contribution in [3.8, 4) is 0 Å². The molecular formula is C12H19NOS. The summed E-state index contributed by atoms with van der Waals surface area (Å²) >= 11 is 2.08. The molecular weight excluding hydrogens is 206 g/mol. The lowest BCUT2D eigenvalue weighted by molar-refractivity contribution is -0.125. The van der Waals surface area contributed by atoms with Crippen LogP contribution < -0.4 is 5.32 Å². The number of piperidine rings is 1. The quantitative estimate of drug-likeness (QED) is 0.779. The van der Waals surface area contributed by atoms with Gasteiger partial charge in [-0.1, -0.05) is 0 Å². The highest BCUT2D eigenvalue weighted by molar-refractivity contribution is 8.00. The first-order valence-electron chi connectivity index (χ1n) is 6.23. The second kappa shape index (κ2) is 4.10. The van der Waals surface area contributed by atoms with Gasteiger partial charge in [-0.25, -0.2) is 0 Å². The zero-order valence-corrected chi connectivity index (χ0v) is 9.89. The van der Waals surface area contributed by atoms with Crippen molar-refractivity contribution in [2.75, 3.05) is 5.75 Å². The maximum Gasteiger partial charge on any atom is 0.139 e. The van der Waals surface area contributed by atoms with Gasteiger partial charge < -0.3 is 5.32 Å². The Balaban J connectivity index is 1.65. The van der Waals surface area contributed by atoms with Crippen LogP contribution >= 0.6 is 11.8 Å². The fraction of sp³-hybridized carbons (Fsp3) is 0.917. The van der Waals surface area contributed by atoms with Crippen LogP contribution in [-0.4, -0.2) is 28.9 Å². The summed E-state index contributed by atoms with van der Waals surface area (Å²) in [6.45, 7) is 0. The third-order valence-electron chi connectivity index (χ3n) is 4.16. The normalized spacial score (nSPS) is 44.9. The van der Waals surface area contributed by atoms with Gasteiger partial charge in [0.05, 0.1) is 0 Å². The number of Topliss-reactive ketones (excluding diaryl/α,β-unsaturated/α-hetero) is 1. The van der Waals surface area contributed by atoms with Crippen LogP contribution in [0, 0.1) is 5.92 Å². The van der Waals surface area contributed by atoms with E-state index in [0.717, 1.165) is 18.1 Å². The van der Waals surface area contributed by atoms with Crippen molar-refractivity contribution in [3.05, 3.63) is 0 Å². The molecule has 0 spiro atoms. The van der Waals surface area contributed by atoms with Crippen molar-refractivity contribution in [2.45, 2.75) is 55.9 Å². The van der Waals surface area contributed by atoms with Gasteiger partial charge in [0.1, 0.15) is 5.78 Å². The summed E-state index contributed by atoms with van der Waals surface area (Å²) in [5, 5.41) is 4.39. The van der Waals surface area contributed by atoms with Crippen LogP contribution in [0.5, 0.6) is 0 Å². The van der Waals surface area contributed by atoms with Crippen LogP contribution in [0.2, 0.25) is 0 Å². The van der Waals surface area contributed by atoms with E-state index in [1.54, 1.807) is 0 Å². The number of carbonyl (C=O) groups excluding carboxylic acids is 1. The Hall–Kier alpha value is -0.0200. The smallest absolute Gasteiger partial charge is 0.139 e. The molecule has 3 heteroatoms. The van der Waals surface area contributed by atoms with Crippen molar-refractivity contribution < 1.29 is 4.79 Å². The topological polar surface area (TPSA) is 29.1 Å². The second-order valence-corrected chi connectivity index (χ2v) is 6.60. The Morgan fingerprint density at radius 2 is 2.27 bits per heavy atom. The Morgan fingerprint density at radius 3 is 3.07 bits per heavy atom. The molecule has 84 valence electrons. The summed E-state index contributed by atoms with van der Waals surface area (Å²) < 4.78 is 0. The number of nitrogens with one attached hydrogen (secondary N) is 1. The van der Waals surface area contributed by atoms with Crippen molar-refractivity contribution in [1.29, 1.82) is 0 Å². The van der Waals surface area contributed by atoms with E-state index in [1.165, 1.54) is 31.4 Å². The summed E-state index contributed by atoms with van der Waals surface area (Å²) in [5.74, 6) is 2.21. The number of fused-ring (bicyclic) bond motifs is 2. The average molecular weight is 225 g/mol. The van der Waals surface area contributed by atoms with E-state index in [9.17, 15) is 4.79 Å². The molecule has 3 heterocycles. The standard InChI is InChI=1S/C12H19NOS/c14-12-6-8-3-4-11(13-8)10(12)7-9-2-1-5-15-9/h8-11,13H,1-7H2. The number of thioether (sulfide) groups is 1. The fourth-order valence-electron chi connectivity index (χ4n) is 3.36. The van der Waals surface area contributed by atoms with E-state index in [4.69, 9.17) is 0 Å². The van der Waals surface area contributed by atoms with Crippen LogP contribution in [-0.2, 0) is 4.79 Å². The van der Waals surface area contributed by atoms with Crippen molar-refractivity contribution in [1.82, 2.24) is 5.32 Å². The SMILES string of the molecule is O=C1CC2CCC(N2)C1CC1CCCS1. The highest BCUT2D eigenvalue weighted by atomic mass is 32.2. The van der Waals surface area contributed by atoms with Gasteiger partial charge in [0.2, 0.25) is 0 Å². The molecule has 3 rings (SSSR count). The summed E-state index contributed by atoms with van der Waals surface area (Å²) in [4.78, 5) is 12.0.